The standard InChI is InChI=1S/C17H24N2OS/c18-10-15-13-8-4-5-9-14(13)17(19-16(15)20)21-11-12-6-2-1-3-7-12/h10,12,18H,1-9,11H2,(H,19,20). The van der Waals surface area contributed by atoms with Gasteiger partial charge in [-0.05, 0) is 55.6 Å². The molecule has 2 N–H and O–H groups in total. The summed E-state index contributed by atoms with van der Waals surface area (Å²) in [5, 5.41) is 8.59. The molecule has 0 atom stereocenters. The van der Waals surface area contributed by atoms with Crippen molar-refractivity contribution in [1.29, 1.82) is 5.41 Å². The molecule has 114 valence electrons. The Hall–Kier alpha value is -1.03. The maximum absolute atomic E-state index is 12.2. The van der Waals surface area contributed by atoms with Crippen LogP contribution < -0.4 is 5.56 Å². The van der Waals surface area contributed by atoms with E-state index in [1.54, 1.807) is 0 Å². The highest BCUT2D eigenvalue weighted by molar-refractivity contribution is 7.99. The number of aromatic nitrogens is 1. The molecule has 3 rings (SSSR count). The van der Waals surface area contributed by atoms with Gasteiger partial charge in [0.15, 0.2) is 0 Å². The molecule has 2 aliphatic rings. The van der Waals surface area contributed by atoms with Gasteiger partial charge in [-0.3, -0.25) is 4.79 Å². The third-order valence-electron chi connectivity index (χ3n) is 4.87. The molecule has 1 heterocycles. The number of fused-ring (bicyclic) bond motifs is 1. The van der Waals surface area contributed by atoms with Gasteiger partial charge < -0.3 is 10.4 Å². The fourth-order valence-electron chi connectivity index (χ4n) is 3.67. The lowest BCUT2D eigenvalue weighted by molar-refractivity contribution is 0.391. The van der Waals surface area contributed by atoms with Gasteiger partial charge in [0, 0.05) is 12.0 Å². The molecule has 21 heavy (non-hydrogen) atoms. The zero-order valence-corrected chi connectivity index (χ0v) is 13.4. The highest BCUT2D eigenvalue weighted by atomic mass is 32.2. The van der Waals surface area contributed by atoms with Crippen molar-refractivity contribution in [2.75, 3.05) is 5.75 Å². The Morgan fingerprint density at radius 2 is 1.81 bits per heavy atom. The third-order valence-corrected chi connectivity index (χ3v) is 6.15. The van der Waals surface area contributed by atoms with Crippen molar-refractivity contribution in [2.24, 2.45) is 5.92 Å². The van der Waals surface area contributed by atoms with E-state index in [1.807, 2.05) is 11.8 Å². The molecule has 4 heteroatoms. The van der Waals surface area contributed by atoms with E-state index >= 15 is 0 Å². The Morgan fingerprint density at radius 3 is 2.52 bits per heavy atom. The van der Waals surface area contributed by atoms with Crippen LogP contribution >= 0.6 is 11.8 Å². The van der Waals surface area contributed by atoms with E-state index in [9.17, 15) is 4.79 Å². The van der Waals surface area contributed by atoms with E-state index in [0.717, 1.165) is 41.5 Å². The first-order chi connectivity index (χ1) is 10.3. The molecular formula is C17H24N2OS. The third kappa shape index (κ3) is 3.25. The molecule has 1 aromatic heterocycles. The minimum atomic E-state index is -0.0724. The van der Waals surface area contributed by atoms with Gasteiger partial charge in [-0.25, -0.2) is 0 Å². The lowest BCUT2D eigenvalue weighted by Gasteiger charge is -2.23. The zero-order valence-electron chi connectivity index (χ0n) is 12.5. The zero-order chi connectivity index (χ0) is 14.7. The van der Waals surface area contributed by atoms with Crippen molar-refractivity contribution in [1.82, 2.24) is 4.98 Å². The maximum atomic E-state index is 12.2. The highest BCUT2D eigenvalue weighted by Gasteiger charge is 2.21. The van der Waals surface area contributed by atoms with Crippen LogP contribution in [0, 0.1) is 11.3 Å². The Labute approximate surface area is 130 Å². The molecule has 0 radical (unpaired) electrons. The second-order valence-electron chi connectivity index (χ2n) is 6.32. The lowest BCUT2D eigenvalue weighted by atomic mass is 9.90. The largest absolute Gasteiger partial charge is 0.316 e. The summed E-state index contributed by atoms with van der Waals surface area (Å²) >= 11 is 1.84. The highest BCUT2D eigenvalue weighted by Crippen LogP contribution is 2.33. The van der Waals surface area contributed by atoms with Crippen LogP contribution in [0.2, 0.25) is 0 Å². The molecule has 0 unspecified atom stereocenters. The van der Waals surface area contributed by atoms with Crippen LogP contribution in [0.3, 0.4) is 0 Å². The molecule has 0 amide bonds. The van der Waals surface area contributed by atoms with Crippen LogP contribution in [0.25, 0.3) is 0 Å². The van der Waals surface area contributed by atoms with Crippen molar-refractivity contribution in [3.05, 3.63) is 27.0 Å². The summed E-state index contributed by atoms with van der Waals surface area (Å²) in [5.74, 6) is 1.95. The summed E-state index contributed by atoms with van der Waals surface area (Å²) in [6.45, 7) is 0. The molecule has 0 aromatic carbocycles. The van der Waals surface area contributed by atoms with Crippen molar-refractivity contribution in [2.45, 2.75) is 62.8 Å². The molecule has 0 saturated heterocycles. The second kappa shape index (κ2) is 6.82. The Bertz CT molecular complexity index is 573. The number of thioether (sulfide) groups is 1. The quantitative estimate of drug-likeness (QED) is 0.654. The number of hydrogen-bond acceptors (Lipinski definition) is 3. The minimum absolute atomic E-state index is 0.0724. The van der Waals surface area contributed by atoms with Crippen LogP contribution in [0.4, 0.5) is 0 Å². The normalized spacial score (nSPS) is 19.2. The van der Waals surface area contributed by atoms with Gasteiger partial charge in [0.1, 0.15) is 0 Å². The van der Waals surface area contributed by atoms with Crippen LogP contribution in [-0.2, 0) is 12.8 Å². The van der Waals surface area contributed by atoms with E-state index in [2.05, 4.69) is 4.98 Å². The van der Waals surface area contributed by atoms with E-state index < -0.39 is 0 Å². The number of nitrogens with one attached hydrogen (secondary N) is 2. The average Bonchev–Trinajstić information content (AvgIpc) is 2.54. The maximum Gasteiger partial charge on any atom is 0.257 e. The van der Waals surface area contributed by atoms with E-state index in [1.165, 1.54) is 50.3 Å². The fraction of sp³-hybridized carbons (Fsp3) is 0.647. The van der Waals surface area contributed by atoms with Crippen molar-refractivity contribution >= 4 is 18.0 Å². The van der Waals surface area contributed by atoms with Crippen LogP contribution in [0.15, 0.2) is 9.82 Å². The molecule has 2 aliphatic carbocycles. The van der Waals surface area contributed by atoms with Crippen LogP contribution in [0.1, 0.15) is 61.6 Å². The molecular weight excluding hydrogens is 280 g/mol. The Balaban J connectivity index is 1.82. The molecule has 0 spiro atoms. The van der Waals surface area contributed by atoms with Gasteiger partial charge >= 0.3 is 0 Å². The Kier molecular flexibility index (Phi) is 4.84. The first-order valence-corrected chi connectivity index (χ1v) is 9.19. The number of H-pyrrole nitrogens is 1. The van der Waals surface area contributed by atoms with Gasteiger partial charge in [0.05, 0.1) is 10.6 Å². The van der Waals surface area contributed by atoms with Gasteiger partial charge in [-0.15, -0.1) is 11.8 Å². The smallest absolute Gasteiger partial charge is 0.257 e. The minimum Gasteiger partial charge on any atom is -0.316 e. The number of pyridine rings is 1. The average molecular weight is 304 g/mol. The monoisotopic (exact) mass is 304 g/mol. The fourth-order valence-corrected chi connectivity index (χ4v) is 4.97. The summed E-state index contributed by atoms with van der Waals surface area (Å²) in [4.78, 5) is 15.2. The molecule has 0 bridgehead atoms. The van der Waals surface area contributed by atoms with Crippen molar-refractivity contribution in [3.8, 4) is 0 Å². The molecule has 1 saturated carbocycles. The van der Waals surface area contributed by atoms with E-state index in [4.69, 9.17) is 5.41 Å². The second-order valence-corrected chi connectivity index (χ2v) is 7.35. The predicted molar refractivity (Wildman–Crippen MR) is 88.9 cm³/mol. The van der Waals surface area contributed by atoms with Gasteiger partial charge in [0.2, 0.25) is 0 Å². The summed E-state index contributed by atoms with van der Waals surface area (Å²) in [6.07, 6.45) is 12.4. The van der Waals surface area contributed by atoms with Gasteiger partial charge in [-0.1, -0.05) is 19.3 Å². The van der Waals surface area contributed by atoms with Gasteiger partial charge in [-0.2, -0.15) is 0 Å². The van der Waals surface area contributed by atoms with Crippen LogP contribution in [0.5, 0.6) is 0 Å². The summed E-state index contributed by atoms with van der Waals surface area (Å²) in [5.41, 5.74) is 2.98. The molecule has 1 aromatic rings. The van der Waals surface area contributed by atoms with Crippen molar-refractivity contribution < 1.29 is 0 Å². The molecule has 3 nitrogen and oxygen atoms in total. The SMILES string of the molecule is N=Cc1c2c(c(SCC3CCCCC3)[nH]c1=O)CCCC2. The molecule has 0 aliphatic heterocycles. The number of hydrogen-bond donors (Lipinski definition) is 2. The summed E-state index contributed by atoms with van der Waals surface area (Å²) < 4.78 is 0. The number of rotatable bonds is 4. The Morgan fingerprint density at radius 1 is 1.10 bits per heavy atom. The van der Waals surface area contributed by atoms with Gasteiger partial charge in [0.25, 0.3) is 5.56 Å². The summed E-state index contributed by atoms with van der Waals surface area (Å²) in [6, 6.07) is 0. The number of aromatic amines is 1. The lowest BCUT2D eigenvalue weighted by Crippen LogP contribution is -2.21. The molecule has 1 fully saturated rings. The van der Waals surface area contributed by atoms with E-state index in [0.29, 0.717) is 5.56 Å². The first-order valence-electron chi connectivity index (χ1n) is 8.21. The van der Waals surface area contributed by atoms with Crippen LogP contribution in [-0.4, -0.2) is 17.0 Å². The van der Waals surface area contributed by atoms with Crippen molar-refractivity contribution in [3.63, 3.8) is 0 Å². The summed E-state index contributed by atoms with van der Waals surface area (Å²) in [7, 11) is 0. The van der Waals surface area contributed by atoms with E-state index in [-0.39, 0.29) is 5.56 Å². The first kappa shape index (κ1) is 14.9. The predicted octanol–water partition coefficient (Wildman–Crippen LogP) is 3.92. The topological polar surface area (TPSA) is 56.7 Å².